The zero-order valence-electron chi connectivity index (χ0n) is 13.9. The Kier molecular flexibility index (Phi) is 4.40. The van der Waals surface area contributed by atoms with Crippen molar-refractivity contribution < 1.29 is 18.8 Å². The Morgan fingerprint density at radius 3 is 2.74 bits per heavy atom. The predicted molar refractivity (Wildman–Crippen MR) is 95.7 cm³/mol. The molecule has 8 nitrogen and oxygen atoms in total. The Balaban J connectivity index is 1.66. The van der Waals surface area contributed by atoms with Crippen molar-refractivity contribution in [3.63, 3.8) is 0 Å². The molecule has 1 aliphatic heterocycles. The summed E-state index contributed by atoms with van der Waals surface area (Å²) < 4.78 is 19.6. The number of benzene rings is 1. The third-order valence-electron chi connectivity index (χ3n) is 4.23. The fourth-order valence-corrected chi connectivity index (χ4v) is 3.84. The van der Waals surface area contributed by atoms with E-state index in [-0.39, 0.29) is 23.2 Å². The summed E-state index contributed by atoms with van der Waals surface area (Å²) >= 11 is 1.22. The molecule has 0 bridgehead atoms. The van der Waals surface area contributed by atoms with E-state index in [0.717, 1.165) is 38.1 Å². The molecule has 0 aliphatic carbocycles. The first-order chi connectivity index (χ1) is 13.0. The molecule has 10 heteroatoms. The number of likely N-dealkylation sites (tertiary alicyclic amines) is 1. The van der Waals surface area contributed by atoms with Crippen LogP contribution in [0.3, 0.4) is 0 Å². The lowest BCUT2D eigenvalue weighted by Crippen LogP contribution is -2.26. The first-order valence-corrected chi connectivity index (χ1v) is 9.00. The Bertz CT molecular complexity index is 1050. The molecule has 1 aromatic carbocycles. The average Bonchev–Trinajstić information content (AvgIpc) is 3.32. The number of nitrogens with zero attached hydrogens (tertiary/aromatic N) is 4. The zero-order valence-corrected chi connectivity index (χ0v) is 14.7. The number of aromatic nitrogens is 2. The second-order valence-corrected chi connectivity index (χ2v) is 7.01. The van der Waals surface area contributed by atoms with Gasteiger partial charge < -0.3 is 9.64 Å². The number of halogens is 1. The molecule has 0 spiro atoms. The minimum atomic E-state index is -0.875. The van der Waals surface area contributed by atoms with Crippen LogP contribution in [0.1, 0.15) is 22.5 Å². The quantitative estimate of drug-likeness (QED) is 0.498. The lowest BCUT2D eigenvalue weighted by Gasteiger charge is -2.13. The minimum Gasteiger partial charge on any atom is -0.435 e. The van der Waals surface area contributed by atoms with E-state index in [0.29, 0.717) is 15.1 Å². The summed E-state index contributed by atoms with van der Waals surface area (Å²) in [6.07, 6.45) is 3.25. The molecule has 0 radical (unpaired) electrons. The number of thiophene rings is 1. The standard InChI is InChI=1S/C17H13FN4O4S/c18-12-7-10(22(24)25)3-4-13(12)26-15-11-8-14(27-16(11)20-9-19-15)17(23)21-5-1-2-6-21/h3-4,7-9H,1-2,5-6H2. The van der Waals surface area contributed by atoms with E-state index >= 15 is 0 Å². The van der Waals surface area contributed by atoms with Gasteiger partial charge >= 0.3 is 0 Å². The number of ether oxygens (including phenoxy) is 1. The van der Waals surface area contributed by atoms with E-state index in [2.05, 4.69) is 9.97 Å². The third-order valence-corrected chi connectivity index (χ3v) is 5.26. The highest BCUT2D eigenvalue weighted by Gasteiger charge is 2.23. The molecule has 1 saturated heterocycles. The number of rotatable bonds is 4. The lowest BCUT2D eigenvalue weighted by atomic mass is 10.3. The van der Waals surface area contributed by atoms with Crippen molar-refractivity contribution >= 4 is 33.1 Å². The second kappa shape index (κ2) is 6.88. The molecule has 1 fully saturated rings. The first kappa shape index (κ1) is 17.3. The van der Waals surface area contributed by atoms with Crippen LogP contribution in [0.5, 0.6) is 11.6 Å². The van der Waals surface area contributed by atoms with Gasteiger partial charge in [0, 0.05) is 19.2 Å². The molecule has 2 aromatic heterocycles. The average molecular weight is 388 g/mol. The van der Waals surface area contributed by atoms with Crippen LogP contribution in [0.25, 0.3) is 10.2 Å². The molecule has 27 heavy (non-hydrogen) atoms. The van der Waals surface area contributed by atoms with Crippen LogP contribution >= 0.6 is 11.3 Å². The number of nitro groups is 1. The van der Waals surface area contributed by atoms with Crippen molar-refractivity contribution in [2.75, 3.05) is 13.1 Å². The van der Waals surface area contributed by atoms with Gasteiger partial charge in [-0.2, -0.15) is 0 Å². The summed E-state index contributed by atoms with van der Waals surface area (Å²) in [6, 6.07) is 4.74. The number of non-ortho nitro benzene ring substituents is 1. The minimum absolute atomic E-state index is 0.0667. The smallest absolute Gasteiger partial charge is 0.272 e. The summed E-state index contributed by atoms with van der Waals surface area (Å²) in [5.74, 6) is -1.05. The Labute approximate surface area is 156 Å². The fourth-order valence-electron chi connectivity index (χ4n) is 2.89. The van der Waals surface area contributed by atoms with Crippen LogP contribution in [0.2, 0.25) is 0 Å². The van der Waals surface area contributed by atoms with Crippen molar-refractivity contribution in [2.45, 2.75) is 12.8 Å². The van der Waals surface area contributed by atoms with Gasteiger partial charge in [0.25, 0.3) is 11.6 Å². The van der Waals surface area contributed by atoms with Crippen LogP contribution < -0.4 is 4.74 Å². The van der Waals surface area contributed by atoms with Gasteiger partial charge in [-0.05, 0) is 25.0 Å². The highest BCUT2D eigenvalue weighted by Crippen LogP contribution is 2.34. The lowest BCUT2D eigenvalue weighted by molar-refractivity contribution is -0.385. The van der Waals surface area contributed by atoms with Gasteiger partial charge in [0.1, 0.15) is 11.2 Å². The SMILES string of the molecule is O=C(c1cc2c(Oc3ccc([N+](=O)[O-])cc3F)ncnc2s1)N1CCCC1. The summed E-state index contributed by atoms with van der Waals surface area (Å²) in [4.78, 5) is 33.6. The van der Waals surface area contributed by atoms with E-state index in [1.165, 1.54) is 23.7 Å². The topological polar surface area (TPSA) is 98.5 Å². The molecule has 0 unspecified atom stereocenters. The van der Waals surface area contributed by atoms with Crippen LogP contribution in [-0.2, 0) is 0 Å². The maximum atomic E-state index is 14.1. The summed E-state index contributed by atoms with van der Waals surface area (Å²) in [5, 5.41) is 11.2. The van der Waals surface area contributed by atoms with Crippen LogP contribution in [0, 0.1) is 15.9 Å². The van der Waals surface area contributed by atoms with Crippen LogP contribution in [0.4, 0.5) is 10.1 Å². The van der Waals surface area contributed by atoms with Gasteiger partial charge in [-0.25, -0.2) is 14.4 Å². The van der Waals surface area contributed by atoms with E-state index in [9.17, 15) is 19.3 Å². The predicted octanol–water partition coefficient (Wildman–Crippen LogP) is 3.77. The van der Waals surface area contributed by atoms with Crippen molar-refractivity contribution in [3.05, 3.63) is 51.4 Å². The van der Waals surface area contributed by atoms with Crippen LogP contribution in [0.15, 0.2) is 30.6 Å². The Morgan fingerprint density at radius 1 is 1.26 bits per heavy atom. The molecule has 1 amide bonds. The van der Waals surface area contributed by atoms with E-state index in [4.69, 9.17) is 4.74 Å². The monoisotopic (exact) mass is 388 g/mol. The Hall–Kier alpha value is -3.14. The summed E-state index contributed by atoms with van der Waals surface area (Å²) in [7, 11) is 0. The Morgan fingerprint density at radius 2 is 2.04 bits per heavy atom. The molecular formula is C17H13FN4O4S. The van der Waals surface area contributed by atoms with Gasteiger partial charge in [-0.1, -0.05) is 0 Å². The maximum Gasteiger partial charge on any atom is 0.272 e. The summed E-state index contributed by atoms with van der Waals surface area (Å²) in [5.41, 5.74) is -0.373. The number of hydrogen-bond acceptors (Lipinski definition) is 7. The molecule has 1 aliphatic rings. The van der Waals surface area contributed by atoms with E-state index < -0.39 is 10.7 Å². The molecule has 0 saturated carbocycles. The number of carbonyl (C=O) groups excluding carboxylic acids is 1. The number of carbonyl (C=O) groups is 1. The molecule has 138 valence electrons. The molecular weight excluding hydrogens is 375 g/mol. The normalized spacial score (nSPS) is 13.9. The molecule has 0 N–H and O–H groups in total. The van der Waals surface area contributed by atoms with Gasteiger partial charge in [-0.15, -0.1) is 11.3 Å². The number of nitro benzene ring substituents is 1. The van der Waals surface area contributed by atoms with Gasteiger partial charge in [-0.3, -0.25) is 14.9 Å². The molecule has 0 atom stereocenters. The second-order valence-electron chi connectivity index (χ2n) is 5.98. The van der Waals surface area contributed by atoms with Crippen molar-refractivity contribution in [2.24, 2.45) is 0 Å². The third kappa shape index (κ3) is 3.31. The van der Waals surface area contributed by atoms with Gasteiger partial charge in [0.2, 0.25) is 5.88 Å². The maximum absolute atomic E-state index is 14.1. The van der Waals surface area contributed by atoms with Gasteiger partial charge in [0.15, 0.2) is 11.6 Å². The van der Waals surface area contributed by atoms with Crippen molar-refractivity contribution in [1.29, 1.82) is 0 Å². The highest BCUT2D eigenvalue weighted by atomic mass is 32.1. The van der Waals surface area contributed by atoms with Crippen molar-refractivity contribution in [3.8, 4) is 11.6 Å². The molecule has 3 aromatic rings. The van der Waals surface area contributed by atoms with Crippen molar-refractivity contribution in [1.82, 2.24) is 14.9 Å². The number of amides is 1. The molecule has 4 rings (SSSR count). The first-order valence-electron chi connectivity index (χ1n) is 8.18. The largest absolute Gasteiger partial charge is 0.435 e. The number of hydrogen-bond donors (Lipinski definition) is 0. The summed E-state index contributed by atoms with van der Waals surface area (Å²) in [6.45, 7) is 1.46. The fraction of sp³-hybridized carbons (Fsp3) is 0.235. The van der Waals surface area contributed by atoms with E-state index in [1.807, 2.05) is 0 Å². The highest BCUT2D eigenvalue weighted by molar-refractivity contribution is 7.20. The van der Waals surface area contributed by atoms with E-state index in [1.54, 1.807) is 11.0 Å². The number of fused-ring (bicyclic) bond motifs is 1. The van der Waals surface area contributed by atoms with Gasteiger partial charge in [0.05, 0.1) is 21.3 Å². The zero-order chi connectivity index (χ0) is 19.0. The van der Waals surface area contributed by atoms with Crippen LogP contribution in [-0.4, -0.2) is 38.8 Å². The molecule has 3 heterocycles.